The van der Waals surface area contributed by atoms with Gasteiger partial charge in [-0.1, -0.05) is 13.8 Å². The molecule has 0 bridgehead atoms. The first-order valence-corrected chi connectivity index (χ1v) is 13.7. The van der Waals surface area contributed by atoms with Crippen molar-refractivity contribution in [2.45, 2.75) is 64.8 Å². The molecular weight excluding hydrogens is 544 g/mol. The molecule has 0 N–H and O–H groups in total. The van der Waals surface area contributed by atoms with Gasteiger partial charge in [-0.15, -0.1) is 0 Å². The Bertz CT molecular complexity index is 1630. The number of hydrogen-bond acceptors (Lipinski definition) is 10. The van der Waals surface area contributed by atoms with Crippen LogP contribution in [0, 0.1) is 5.92 Å². The zero-order chi connectivity index (χ0) is 30.4. The summed E-state index contributed by atoms with van der Waals surface area (Å²) in [6.45, 7) is 8.42. The molecule has 2 aromatic carbocycles. The molecule has 2 aliphatic rings. The molecule has 1 spiro atoms. The van der Waals surface area contributed by atoms with Crippen LogP contribution in [0.5, 0.6) is 17.2 Å². The van der Waals surface area contributed by atoms with Crippen LogP contribution >= 0.6 is 0 Å². The summed E-state index contributed by atoms with van der Waals surface area (Å²) in [5.41, 5.74) is 0.551. The molecule has 2 aliphatic heterocycles. The predicted octanol–water partition coefficient (Wildman–Crippen LogP) is 5.14. The van der Waals surface area contributed by atoms with E-state index in [-0.39, 0.29) is 23.5 Å². The third kappa shape index (κ3) is 5.28. The zero-order valence-corrected chi connectivity index (χ0v) is 24.6. The third-order valence-corrected chi connectivity index (χ3v) is 7.44. The lowest BCUT2D eigenvalue weighted by atomic mass is 9.93. The highest BCUT2D eigenvalue weighted by Crippen LogP contribution is 2.49. The van der Waals surface area contributed by atoms with Crippen LogP contribution in [-0.4, -0.2) is 43.7 Å². The van der Waals surface area contributed by atoms with Crippen molar-refractivity contribution in [3.63, 3.8) is 0 Å². The van der Waals surface area contributed by atoms with E-state index in [1.165, 1.54) is 20.1 Å². The second-order valence-electron chi connectivity index (χ2n) is 11.1. The average molecular weight is 579 g/mol. The maximum atomic E-state index is 13.3. The molecule has 3 aromatic rings. The van der Waals surface area contributed by atoms with Gasteiger partial charge in [0.1, 0.15) is 22.8 Å². The number of Topliss-reactive ketones (excluding diaryl/α,β-unsaturated/α-hetero) is 1. The average Bonchev–Trinajstić information content (AvgIpc) is 3.18. The van der Waals surface area contributed by atoms with Gasteiger partial charge in [0.2, 0.25) is 0 Å². The molecular formula is C32H34O10. The molecule has 5 rings (SSSR count). The number of rotatable bonds is 8. The van der Waals surface area contributed by atoms with Crippen LogP contribution in [-0.2, 0) is 30.2 Å². The second-order valence-corrected chi connectivity index (χ2v) is 11.1. The molecule has 3 heterocycles. The minimum atomic E-state index is -1.68. The SMILES string of the molecule is COc1ccc2c(c1[C@@H](OC(C)=O)C(=O)C(C)C)O[C@]1(C=C2)O[C@@H](Cc2c(OC)ccc3ccc(=O)oc23)C(C)(C)O1. The monoisotopic (exact) mass is 578 g/mol. The molecule has 1 saturated heterocycles. The molecule has 10 heteroatoms. The summed E-state index contributed by atoms with van der Waals surface area (Å²) in [5, 5.41) is 0.739. The van der Waals surface area contributed by atoms with Crippen molar-refractivity contribution in [1.29, 1.82) is 0 Å². The standard InChI is InChI=1S/C32H34O10/c1-17(2)27(35)30(38-18(3)33)26-23(37-7)12-9-20-14-15-32(41-29(20)26)40-24(31(4,5)42-32)16-21-22(36-6)11-8-19-10-13-25(34)39-28(19)21/h8-15,17,24,30H,16H2,1-7H3/t24-,30+,32-/m0/s1. The molecule has 0 unspecified atom stereocenters. The molecule has 0 amide bonds. The van der Waals surface area contributed by atoms with Gasteiger partial charge in [-0.2, -0.15) is 0 Å². The topological polar surface area (TPSA) is 120 Å². The van der Waals surface area contributed by atoms with Gasteiger partial charge in [0, 0.05) is 47.9 Å². The van der Waals surface area contributed by atoms with E-state index < -0.39 is 41.3 Å². The number of carbonyl (C=O) groups is 2. The highest BCUT2D eigenvalue weighted by atomic mass is 16.9. The van der Waals surface area contributed by atoms with Gasteiger partial charge >= 0.3 is 17.6 Å². The van der Waals surface area contributed by atoms with E-state index in [4.69, 9.17) is 32.8 Å². The quantitative estimate of drug-likeness (QED) is 0.263. The first-order chi connectivity index (χ1) is 19.9. The number of methoxy groups -OCH3 is 2. The van der Waals surface area contributed by atoms with Crippen LogP contribution in [0.2, 0.25) is 0 Å². The summed E-state index contributed by atoms with van der Waals surface area (Å²) in [6, 6.07) is 10.1. The van der Waals surface area contributed by atoms with Gasteiger partial charge in [-0.3, -0.25) is 9.59 Å². The smallest absolute Gasteiger partial charge is 0.350 e. The number of benzene rings is 2. The first-order valence-electron chi connectivity index (χ1n) is 13.7. The van der Waals surface area contributed by atoms with E-state index in [9.17, 15) is 14.4 Å². The van der Waals surface area contributed by atoms with Crippen molar-refractivity contribution in [3.8, 4) is 17.2 Å². The number of ketones is 1. The van der Waals surface area contributed by atoms with Crippen LogP contribution in [0.25, 0.3) is 17.0 Å². The highest BCUT2D eigenvalue weighted by Gasteiger charge is 2.55. The van der Waals surface area contributed by atoms with E-state index >= 15 is 0 Å². The molecule has 1 aromatic heterocycles. The van der Waals surface area contributed by atoms with Gasteiger partial charge in [-0.25, -0.2) is 4.79 Å². The van der Waals surface area contributed by atoms with Crippen LogP contribution in [0.1, 0.15) is 57.4 Å². The second kappa shape index (κ2) is 10.9. The molecule has 0 saturated carbocycles. The van der Waals surface area contributed by atoms with Gasteiger partial charge in [0.25, 0.3) is 0 Å². The van der Waals surface area contributed by atoms with Gasteiger partial charge in [0.15, 0.2) is 11.9 Å². The Morgan fingerprint density at radius 2 is 1.69 bits per heavy atom. The molecule has 42 heavy (non-hydrogen) atoms. The van der Waals surface area contributed by atoms with Gasteiger partial charge in [0.05, 0.1) is 31.5 Å². The number of ether oxygens (including phenoxy) is 6. The maximum absolute atomic E-state index is 13.3. The highest BCUT2D eigenvalue weighted by molar-refractivity contribution is 5.90. The van der Waals surface area contributed by atoms with Gasteiger partial charge in [-0.05, 0) is 50.3 Å². The minimum Gasteiger partial charge on any atom is -0.496 e. The lowest BCUT2D eigenvalue weighted by Gasteiger charge is -2.33. The zero-order valence-electron chi connectivity index (χ0n) is 24.6. The molecule has 0 radical (unpaired) electrons. The van der Waals surface area contributed by atoms with Crippen molar-refractivity contribution in [2.75, 3.05) is 14.2 Å². The third-order valence-electron chi connectivity index (χ3n) is 7.44. The van der Waals surface area contributed by atoms with E-state index in [0.29, 0.717) is 28.2 Å². The van der Waals surface area contributed by atoms with Crippen LogP contribution < -0.4 is 19.8 Å². The van der Waals surface area contributed by atoms with E-state index in [1.54, 1.807) is 51.3 Å². The molecule has 10 nitrogen and oxygen atoms in total. The van der Waals surface area contributed by atoms with Crippen molar-refractivity contribution < 1.29 is 42.4 Å². The lowest BCUT2D eigenvalue weighted by molar-refractivity contribution is -0.270. The Morgan fingerprint density at radius 1 is 1.00 bits per heavy atom. The Morgan fingerprint density at radius 3 is 2.36 bits per heavy atom. The molecule has 1 fully saturated rings. The largest absolute Gasteiger partial charge is 0.496 e. The van der Waals surface area contributed by atoms with Crippen molar-refractivity contribution in [3.05, 3.63) is 69.6 Å². The fourth-order valence-corrected chi connectivity index (χ4v) is 5.31. The summed E-state index contributed by atoms with van der Waals surface area (Å²) in [6.07, 6.45) is 1.81. The van der Waals surface area contributed by atoms with E-state index in [0.717, 1.165) is 5.39 Å². The number of esters is 1. The Balaban J connectivity index is 1.56. The fourth-order valence-electron chi connectivity index (χ4n) is 5.31. The molecule has 3 atom stereocenters. The summed E-state index contributed by atoms with van der Waals surface area (Å²) < 4.78 is 41.7. The maximum Gasteiger partial charge on any atom is 0.350 e. The number of carbonyl (C=O) groups excluding carboxylic acids is 2. The Labute approximate surface area is 243 Å². The number of hydrogen-bond donors (Lipinski definition) is 0. The van der Waals surface area contributed by atoms with Crippen molar-refractivity contribution in [1.82, 2.24) is 0 Å². The van der Waals surface area contributed by atoms with Crippen LogP contribution in [0.15, 0.2) is 51.7 Å². The molecule has 222 valence electrons. The minimum absolute atomic E-state index is 0.238. The van der Waals surface area contributed by atoms with Crippen molar-refractivity contribution in [2.24, 2.45) is 5.92 Å². The predicted molar refractivity (Wildman–Crippen MR) is 153 cm³/mol. The summed E-state index contributed by atoms with van der Waals surface area (Å²) in [7, 11) is 3.00. The Hall–Kier alpha value is -4.15. The van der Waals surface area contributed by atoms with E-state index in [1.807, 2.05) is 26.0 Å². The normalized spacial score (nSPS) is 21.2. The summed E-state index contributed by atoms with van der Waals surface area (Å²) in [5.74, 6) is -1.99. The number of fused-ring (bicyclic) bond motifs is 2. The Kier molecular flexibility index (Phi) is 7.63. The fraction of sp³-hybridized carbons (Fsp3) is 0.406. The van der Waals surface area contributed by atoms with Crippen LogP contribution in [0.4, 0.5) is 0 Å². The van der Waals surface area contributed by atoms with Gasteiger partial charge < -0.3 is 32.8 Å². The van der Waals surface area contributed by atoms with E-state index in [2.05, 4.69) is 0 Å². The summed E-state index contributed by atoms with van der Waals surface area (Å²) in [4.78, 5) is 37.5. The lowest BCUT2D eigenvalue weighted by Crippen LogP contribution is -2.39. The molecule has 0 aliphatic carbocycles. The van der Waals surface area contributed by atoms with Crippen molar-refractivity contribution >= 4 is 28.8 Å². The van der Waals surface area contributed by atoms with Crippen LogP contribution in [0.3, 0.4) is 0 Å². The summed E-state index contributed by atoms with van der Waals surface area (Å²) >= 11 is 0. The first kappa shape index (κ1) is 29.3.